The minimum absolute atomic E-state index is 0.0488. The summed E-state index contributed by atoms with van der Waals surface area (Å²) in [6, 6.07) is 12.5. The smallest absolute Gasteiger partial charge is 0.258 e. The van der Waals surface area contributed by atoms with E-state index < -0.39 is 17.9 Å². The van der Waals surface area contributed by atoms with Gasteiger partial charge in [0.1, 0.15) is 17.5 Å². The SMILES string of the molecule is COc1ccc(Oc2ccnc(NC(=O)c3ccc4c(c3)CN(C3CCC(=O)NC3=O)C4=O)n2)cc1. The molecule has 0 spiro atoms. The Morgan fingerprint density at radius 2 is 1.86 bits per heavy atom. The Morgan fingerprint density at radius 1 is 1.08 bits per heavy atom. The normalized spacial score (nSPS) is 16.9. The van der Waals surface area contributed by atoms with Crippen LogP contribution in [-0.4, -0.2) is 51.6 Å². The molecule has 1 unspecified atom stereocenters. The van der Waals surface area contributed by atoms with Gasteiger partial charge in [-0.25, -0.2) is 4.98 Å². The topological polar surface area (TPSA) is 140 Å². The van der Waals surface area contributed by atoms with E-state index in [2.05, 4.69) is 20.6 Å². The third-order valence-electron chi connectivity index (χ3n) is 5.92. The van der Waals surface area contributed by atoms with E-state index >= 15 is 0 Å². The molecule has 1 atom stereocenters. The van der Waals surface area contributed by atoms with E-state index in [-0.39, 0.29) is 43.0 Å². The van der Waals surface area contributed by atoms with Crippen LogP contribution >= 0.6 is 0 Å². The van der Waals surface area contributed by atoms with Crippen LogP contribution < -0.4 is 20.1 Å². The van der Waals surface area contributed by atoms with Crippen LogP contribution in [0.4, 0.5) is 5.95 Å². The third kappa shape index (κ3) is 4.58. The number of hydrogen-bond donors (Lipinski definition) is 2. The highest BCUT2D eigenvalue weighted by Crippen LogP contribution is 2.28. The minimum atomic E-state index is -0.721. The maximum Gasteiger partial charge on any atom is 0.258 e. The molecule has 0 saturated carbocycles. The second kappa shape index (κ2) is 9.45. The van der Waals surface area contributed by atoms with Crippen LogP contribution in [0.1, 0.15) is 39.1 Å². The summed E-state index contributed by atoms with van der Waals surface area (Å²) in [4.78, 5) is 59.1. The van der Waals surface area contributed by atoms with Gasteiger partial charge in [-0.15, -0.1) is 0 Å². The van der Waals surface area contributed by atoms with E-state index in [1.54, 1.807) is 49.6 Å². The minimum Gasteiger partial charge on any atom is -0.497 e. The molecule has 0 radical (unpaired) electrons. The van der Waals surface area contributed by atoms with Gasteiger partial charge in [-0.3, -0.25) is 29.8 Å². The Hall–Kier alpha value is -4.80. The summed E-state index contributed by atoms with van der Waals surface area (Å²) in [6.45, 7) is 0.170. The zero-order valence-corrected chi connectivity index (χ0v) is 19.2. The molecule has 2 aromatic carbocycles. The quantitative estimate of drug-likeness (QED) is 0.505. The molecule has 36 heavy (non-hydrogen) atoms. The molecule has 3 aromatic rings. The summed E-state index contributed by atoms with van der Waals surface area (Å²) in [7, 11) is 1.57. The lowest BCUT2D eigenvalue weighted by Gasteiger charge is -2.29. The molecule has 2 aliphatic heterocycles. The second-order valence-electron chi connectivity index (χ2n) is 8.22. The molecule has 182 valence electrons. The molecule has 5 rings (SSSR count). The summed E-state index contributed by atoms with van der Waals surface area (Å²) >= 11 is 0. The van der Waals surface area contributed by atoms with Crippen molar-refractivity contribution in [2.45, 2.75) is 25.4 Å². The van der Waals surface area contributed by atoms with Gasteiger partial charge < -0.3 is 14.4 Å². The van der Waals surface area contributed by atoms with Crippen molar-refractivity contribution in [2.24, 2.45) is 0 Å². The number of nitrogens with one attached hydrogen (secondary N) is 2. The van der Waals surface area contributed by atoms with E-state index in [4.69, 9.17) is 9.47 Å². The lowest BCUT2D eigenvalue weighted by molar-refractivity contribution is -0.136. The number of carbonyl (C=O) groups is 4. The summed E-state index contributed by atoms with van der Waals surface area (Å²) in [5, 5.41) is 4.90. The van der Waals surface area contributed by atoms with Gasteiger partial charge in [0.2, 0.25) is 23.6 Å². The molecular weight excluding hydrogens is 466 g/mol. The highest BCUT2D eigenvalue weighted by atomic mass is 16.5. The Kier molecular flexibility index (Phi) is 6.03. The van der Waals surface area contributed by atoms with Crippen molar-refractivity contribution in [1.29, 1.82) is 0 Å². The largest absolute Gasteiger partial charge is 0.497 e. The van der Waals surface area contributed by atoms with Gasteiger partial charge in [0.15, 0.2) is 0 Å². The van der Waals surface area contributed by atoms with Crippen LogP contribution in [-0.2, 0) is 16.1 Å². The average Bonchev–Trinajstić information content (AvgIpc) is 3.20. The van der Waals surface area contributed by atoms with Gasteiger partial charge in [-0.2, -0.15) is 4.98 Å². The molecule has 2 N–H and O–H groups in total. The van der Waals surface area contributed by atoms with Crippen molar-refractivity contribution in [3.05, 3.63) is 71.4 Å². The molecule has 0 bridgehead atoms. The first-order valence-electron chi connectivity index (χ1n) is 11.1. The van der Waals surface area contributed by atoms with Gasteiger partial charge in [-0.1, -0.05) is 0 Å². The summed E-state index contributed by atoms with van der Waals surface area (Å²) in [6.07, 6.45) is 1.90. The summed E-state index contributed by atoms with van der Waals surface area (Å²) in [5.74, 6) is -0.0913. The number of anilines is 1. The number of ether oxygens (including phenoxy) is 2. The van der Waals surface area contributed by atoms with Crippen LogP contribution in [0.3, 0.4) is 0 Å². The van der Waals surface area contributed by atoms with Crippen molar-refractivity contribution < 1.29 is 28.7 Å². The second-order valence-corrected chi connectivity index (χ2v) is 8.22. The van der Waals surface area contributed by atoms with E-state index in [0.717, 1.165) is 0 Å². The van der Waals surface area contributed by atoms with E-state index in [1.165, 1.54) is 17.2 Å². The predicted octanol–water partition coefficient (Wildman–Crippen LogP) is 2.29. The van der Waals surface area contributed by atoms with Crippen LogP contribution in [0.25, 0.3) is 0 Å². The van der Waals surface area contributed by atoms with E-state index in [1.807, 2.05) is 0 Å². The first-order valence-corrected chi connectivity index (χ1v) is 11.1. The van der Waals surface area contributed by atoms with Crippen molar-refractivity contribution in [3.63, 3.8) is 0 Å². The number of carbonyl (C=O) groups excluding carboxylic acids is 4. The monoisotopic (exact) mass is 487 g/mol. The predicted molar refractivity (Wildman–Crippen MR) is 126 cm³/mol. The maximum absolute atomic E-state index is 12.9. The van der Waals surface area contributed by atoms with Crippen LogP contribution in [0.2, 0.25) is 0 Å². The van der Waals surface area contributed by atoms with Crippen molar-refractivity contribution in [3.8, 4) is 17.4 Å². The first kappa shape index (κ1) is 23.0. The zero-order valence-electron chi connectivity index (χ0n) is 19.2. The number of piperidine rings is 1. The van der Waals surface area contributed by atoms with Gasteiger partial charge in [0, 0.05) is 36.4 Å². The number of amides is 4. The van der Waals surface area contributed by atoms with Gasteiger partial charge in [0.25, 0.3) is 11.8 Å². The molecule has 11 nitrogen and oxygen atoms in total. The highest BCUT2D eigenvalue weighted by Gasteiger charge is 2.39. The first-order chi connectivity index (χ1) is 17.4. The Bertz CT molecular complexity index is 1370. The van der Waals surface area contributed by atoms with Gasteiger partial charge >= 0.3 is 0 Å². The lowest BCUT2D eigenvalue weighted by atomic mass is 10.0. The summed E-state index contributed by atoms with van der Waals surface area (Å²) < 4.78 is 10.8. The fourth-order valence-electron chi connectivity index (χ4n) is 4.11. The molecule has 0 aliphatic carbocycles. The third-order valence-corrected chi connectivity index (χ3v) is 5.92. The molecule has 1 saturated heterocycles. The number of imide groups is 1. The molecule has 11 heteroatoms. The number of fused-ring (bicyclic) bond motifs is 1. The zero-order chi connectivity index (χ0) is 25.2. The fraction of sp³-hybridized carbons (Fsp3) is 0.200. The van der Waals surface area contributed by atoms with E-state index in [9.17, 15) is 19.2 Å². The van der Waals surface area contributed by atoms with Crippen molar-refractivity contribution in [1.82, 2.24) is 20.2 Å². The standard InChI is InChI=1S/C25H21N5O6/c1-35-16-3-5-17(6-4-16)36-21-10-11-26-25(28-21)29-22(32)14-2-7-18-15(12-14)13-30(24(18)34)19-8-9-20(31)27-23(19)33/h2-7,10-12,19H,8-9,13H2,1H3,(H,27,31,33)(H,26,28,29,32). The Labute approximate surface area is 205 Å². The number of aromatic nitrogens is 2. The van der Waals surface area contributed by atoms with Crippen LogP contribution in [0.15, 0.2) is 54.7 Å². The molecular formula is C25H21N5O6. The van der Waals surface area contributed by atoms with Crippen LogP contribution in [0.5, 0.6) is 17.4 Å². The molecule has 1 fully saturated rings. The van der Waals surface area contributed by atoms with Gasteiger partial charge in [0.05, 0.1) is 7.11 Å². The number of nitrogens with zero attached hydrogens (tertiary/aromatic N) is 3. The highest BCUT2D eigenvalue weighted by molar-refractivity contribution is 6.07. The van der Waals surface area contributed by atoms with Crippen LogP contribution in [0, 0.1) is 0 Å². The maximum atomic E-state index is 12.9. The number of rotatable bonds is 6. The van der Waals surface area contributed by atoms with Crippen molar-refractivity contribution >= 4 is 29.6 Å². The Balaban J connectivity index is 1.27. The lowest BCUT2D eigenvalue weighted by Crippen LogP contribution is -2.52. The molecule has 2 aliphatic rings. The Morgan fingerprint density at radius 3 is 2.61 bits per heavy atom. The number of benzene rings is 2. The van der Waals surface area contributed by atoms with Crippen molar-refractivity contribution in [2.75, 3.05) is 12.4 Å². The van der Waals surface area contributed by atoms with Gasteiger partial charge in [-0.05, 0) is 54.4 Å². The number of hydrogen-bond acceptors (Lipinski definition) is 8. The average molecular weight is 487 g/mol. The fourth-order valence-corrected chi connectivity index (χ4v) is 4.11. The molecule has 1 aromatic heterocycles. The summed E-state index contributed by atoms with van der Waals surface area (Å²) in [5.41, 5.74) is 1.34. The molecule has 4 amide bonds. The van der Waals surface area contributed by atoms with E-state index in [0.29, 0.717) is 28.2 Å². The molecule has 3 heterocycles. The number of methoxy groups -OCH3 is 1.